The van der Waals surface area contributed by atoms with Crippen LogP contribution >= 0.6 is 0 Å². The molecule has 1 unspecified atom stereocenters. The van der Waals surface area contributed by atoms with Gasteiger partial charge in [-0.1, -0.05) is 0 Å². The molecule has 0 amide bonds. The van der Waals surface area contributed by atoms with Gasteiger partial charge in [-0.05, 0) is 25.7 Å². The second-order valence-corrected chi connectivity index (χ2v) is 7.84. The van der Waals surface area contributed by atoms with Crippen LogP contribution in [0.1, 0.15) is 25.7 Å². The van der Waals surface area contributed by atoms with E-state index >= 15 is 0 Å². The summed E-state index contributed by atoms with van der Waals surface area (Å²) in [5.41, 5.74) is -0.110. The number of rotatable bonds is 4. The van der Waals surface area contributed by atoms with E-state index in [0.29, 0.717) is 12.4 Å². The van der Waals surface area contributed by atoms with Gasteiger partial charge in [0.2, 0.25) is 10.0 Å². The van der Waals surface area contributed by atoms with Gasteiger partial charge in [0.25, 0.3) is 5.56 Å². The van der Waals surface area contributed by atoms with Crippen molar-refractivity contribution >= 4 is 15.8 Å². The Morgan fingerprint density at radius 2 is 2.10 bits per heavy atom. The van der Waals surface area contributed by atoms with Gasteiger partial charge in [-0.3, -0.25) is 4.79 Å². The molecule has 0 aromatic carbocycles. The maximum atomic E-state index is 12.0. The van der Waals surface area contributed by atoms with Gasteiger partial charge in [0.15, 0.2) is 0 Å². The average Bonchev–Trinajstić information content (AvgIpc) is 3.26. The summed E-state index contributed by atoms with van der Waals surface area (Å²) in [5.74, 6) is 0.619. The third-order valence-electron chi connectivity index (χ3n) is 4.00. The summed E-state index contributed by atoms with van der Waals surface area (Å²) < 4.78 is 28.2. The van der Waals surface area contributed by atoms with Crippen molar-refractivity contribution in [3.05, 3.63) is 22.7 Å². The van der Waals surface area contributed by atoms with Gasteiger partial charge in [0.1, 0.15) is 5.82 Å². The summed E-state index contributed by atoms with van der Waals surface area (Å²) in [6.45, 7) is 1.36. The molecule has 116 valence electrons. The topological polar surface area (TPSA) is 84.3 Å². The van der Waals surface area contributed by atoms with Crippen molar-refractivity contribution in [2.75, 3.05) is 18.0 Å². The minimum atomic E-state index is -3.17. The number of aromatic nitrogens is 2. The van der Waals surface area contributed by atoms with Crippen molar-refractivity contribution in [2.24, 2.45) is 7.05 Å². The number of aryl methyl sites for hydroxylation is 1. The predicted molar refractivity (Wildman–Crippen MR) is 79.8 cm³/mol. The Hall–Kier alpha value is -1.41. The average molecular weight is 312 g/mol. The number of hydrogen-bond donors (Lipinski definition) is 1. The first kappa shape index (κ1) is 14.5. The quantitative estimate of drug-likeness (QED) is 0.834. The van der Waals surface area contributed by atoms with E-state index < -0.39 is 10.0 Å². The van der Waals surface area contributed by atoms with E-state index in [2.05, 4.69) is 9.71 Å². The lowest BCUT2D eigenvalue weighted by molar-refractivity contribution is 0.463. The third kappa shape index (κ3) is 3.26. The van der Waals surface area contributed by atoms with Gasteiger partial charge < -0.3 is 9.47 Å². The molecule has 8 heteroatoms. The normalized spacial score (nSPS) is 23.3. The molecular weight excluding hydrogens is 292 g/mol. The van der Waals surface area contributed by atoms with Crippen molar-refractivity contribution in [1.82, 2.24) is 14.3 Å². The fourth-order valence-electron chi connectivity index (χ4n) is 2.61. The molecule has 21 heavy (non-hydrogen) atoms. The molecule has 0 bridgehead atoms. The first-order chi connectivity index (χ1) is 9.95. The van der Waals surface area contributed by atoms with Crippen LogP contribution in [-0.4, -0.2) is 42.4 Å². The van der Waals surface area contributed by atoms with Crippen LogP contribution in [0.15, 0.2) is 17.2 Å². The van der Waals surface area contributed by atoms with E-state index in [4.69, 9.17) is 0 Å². The summed E-state index contributed by atoms with van der Waals surface area (Å²) in [4.78, 5) is 17.9. The predicted octanol–water partition coefficient (Wildman–Crippen LogP) is -0.169. The van der Waals surface area contributed by atoms with E-state index in [-0.39, 0.29) is 16.9 Å². The molecular formula is C13H20N4O3S. The van der Waals surface area contributed by atoms with Crippen LogP contribution < -0.4 is 15.2 Å². The molecule has 3 rings (SSSR count). The zero-order chi connectivity index (χ0) is 15.0. The highest BCUT2D eigenvalue weighted by molar-refractivity contribution is 7.90. The molecule has 1 aromatic rings. The molecule has 1 saturated heterocycles. The standard InChI is InChI=1S/C13H20N4O3S/c1-16-9-14-12(7-13(16)18)17-6-2-3-10(8-17)15-21(19,20)11-4-5-11/h7,9-11,15H,2-6,8H2,1H3. The zero-order valence-corrected chi connectivity index (χ0v) is 12.8. The number of nitrogens with one attached hydrogen (secondary N) is 1. The van der Waals surface area contributed by atoms with Crippen LogP contribution in [0.25, 0.3) is 0 Å². The Bertz CT molecular complexity index is 681. The lowest BCUT2D eigenvalue weighted by atomic mass is 10.1. The molecule has 1 aliphatic carbocycles. The molecule has 7 nitrogen and oxygen atoms in total. The number of nitrogens with zero attached hydrogens (tertiary/aromatic N) is 3. The van der Waals surface area contributed by atoms with Crippen LogP contribution in [-0.2, 0) is 17.1 Å². The maximum absolute atomic E-state index is 12.0. The fourth-order valence-corrected chi connectivity index (χ4v) is 4.22. The van der Waals surface area contributed by atoms with Crippen LogP contribution in [0.4, 0.5) is 5.82 Å². The van der Waals surface area contributed by atoms with Gasteiger partial charge in [-0.2, -0.15) is 0 Å². The largest absolute Gasteiger partial charge is 0.355 e. The summed E-state index contributed by atoms with van der Waals surface area (Å²) >= 11 is 0. The van der Waals surface area contributed by atoms with Gasteiger partial charge in [0, 0.05) is 32.2 Å². The number of piperidine rings is 1. The van der Waals surface area contributed by atoms with Crippen molar-refractivity contribution in [2.45, 2.75) is 37.0 Å². The summed E-state index contributed by atoms with van der Waals surface area (Å²) in [6, 6.07) is 1.40. The molecule has 2 aliphatic rings. The van der Waals surface area contributed by atoms with Crippen LogP contribution in [0.3, 0.4) is 0 Å². The molecule has 1 aliphatic heterocycles. The first-order valence-corrected chi connectivity index (χ1v) is 8.79. The van der Waals surface area contributed by atoms with Gasteiger partial charge in [-0.25, -0.2) is 18.1 Å². The molecule has 2 heterocycles. The fraction of sp³-hybridized carbons (Fsp3) is 0.692. The van der Waals surface area contributed by atoms with E-state index in [1.54, 1.807) is 7.05 Å². The Labute approximate surface area is 124 Å². The molecule has 1 saturated carbocycles. The minimum absolute atomic E-state index is 0.102. The van der Waals surface area contributed by atoms with Crippen molar-refractivity contribution in [3.8, 4) is 0 Å². The van der Waals surface area contributed by atoms with Crippen LogP contribution in [0.2, 0.25) is 0 Å². The van der Waals surface area contributed by atoms with Gasteiger partial charge >= 0.3 is 0 Å². The van der Waals surface area contributed by atoms with Crippen LogP contribution in [0, 0.1) is 0 Å². The molecule has 1 aromatic heterocycles. The van der Waals surface area contributed by atoms with Crippen molar-refractivity contribution in [3.63, 3.8) is 0 Å². The minimum Gasteiger partial charge on any atom is -0.355 e. The van der Waals surface area contributed by atoms with E-state index in [1.165, 1.54) is 17.0 Å². The lowest BCUT2D eigenvalue weighted by Crippen LogP contribution is -2.49. The first-order valence-electron chi connectivity index (χ1n) is 7.24. The molecule has 0 spiro atoms. The highest BCUT2D eigenvalue weighted by Gasteiger charge is 2.37. The Morgan fingerprint density at radius 1 is 1.33 bits per heavy atom. The number of sulfonamides is 1. The number of hydrogen-bond acceptors (Lipinski definition) is 5. The zero-order valence-electron chi connectivity index (χ0n) is 12.0. The van der Waals surface area contributed by atoms with E-state index in [1.807, 2.05) is 4.90 Å². The van der Waals surface area contributed by atoms with Crippen molar-refractivity contribution in [1.29, 1.82) is 0 Å². The monoisotopic (exact) mass is 312 g/mol. The Morgan fingerprint density at radius 3 is 2.76 bits per heavy atom. The van der Waals surface area contributed by atoms with Gasteiger partial charge in [0.05, 0.1) is 11.6 Å². The second-order valence-electron chi connectivity index (χ2n) is 5.84. The molecule has 2 fully saturated rings. The lowest BCUT2D eigenvalue weighted by Gasteiger charge is -2.33. The maximum Gasteiger partial charge on any atom is 0.255 e. The highest BCUT2D eigenvalue weighted by atomic mass is 32.2. The van der Waals surface area contributed by atoms with E-state index in [9.17, 15) is 13.2 Å². The highest BCUT2D eigenvalue weighted by Crippen LogP contribution is 2.28. The van der Waals surface area contributed by atoms with Crippen molar-refractivity contribution < 1.29 is 8.42 Å². The Balaban J connectivity index is 1.70. The SMILES string of the molecule is Cn1cnc(N2CCCC(NS(=O)(=O)C3CC3)C2)cc1=O. The second kappa shape index (κ2) is 5.42. The van der Waals surface area contributed by atoms with Crippen LogP contribution in [0.5, 0.6) is 0 Å². The summed E-state index contributed by atoms with van der Waals surface area (Å²) in [6.07, 6.45) is 4.74. The molecule has 1 N–H and O–H groups in total. The number of anilines is 1. The summed E-state index contributed by atoms with van der Waals surface area (Å²) in [7, 11) is -1.52. The summed E-state index contributed by atoms with van der Waals surface area (Å²) in [5, 5.41) is -0.199. The van der Waals surface area contributed by atoms with Gasteiger partial charge in [-0.15, -0.1) is 0 Å². The Kier molecular flexibility index (Phi) is 3.75. The molecule has 0 radical (unpaired) electrons. The van der Waals surface area contributed by atoms with E-state index in [0.717, 1.165) is 32.2 Å². The third-order valence-corrected chi connectivity index (χ3v) is 6.01. The smallest absolute Gasteiger partial charge is 0.255 e. The molecule has 1 atom stereocenters.